The third-order valence-corrected chi connectivity index (χ3v) is 2.73. The van der Waals surface area contributed by atoms with Crippen LogP contribution in [0.15, 0.2) is 0 Å². The van der Waals surface area contributed by atoms with Crippen LogP contribution in [0.25, 0.3) is 0 Å². The van der Waals surface area contributed by atoms with Gasteiger partial charge in [-0.1, -0.05) is 5.92 Å². The summed E-state index contributed by atoms with van der Waals surface area (Å²) in [4.78, 5) is 14.9. The smallest absolute Gasteiger partial charge is 0.324 e. The number of anilines is 2. The number of aromatic nitrogens is 3. The molecule has 6 heteroatoms. The standard InChI is InChI=1S/C12H17N5O/c1-4-9(2)18-12-15-10(13-3)14-11(16-12)17-7-5-6-8-17/h1,9H,5-8H2,2-3H3,(H,13,14,15,16). The molecule has 1 N–H and O–H groups in total. The van der Waals surface area contributed by atoms with E-state index in [9.17, 15) is 0 Å². The third kappa shape index (κ3) is 2.80. The highest BCUT2D eigenvalue weighted by molar-refractivity contribution is 5.38. The van der Waals surface area contributed by atoms with E-state index >= 15 is 0 Å². The Morgan fingerprint density at radius 1 is 1.33 bits per heavy atom. The summed E-state index contributed by atoms with van der Waals surface area (Å²) in [5.74, 6) is 3.62. The van der Waals surface area contributed by atoms with E-state index in [0.717, 1.165) is 25.9 Å². The zero-order valence-corrected chi connectivity index (χ0v) is 10.7. The van der Waals surface area contributed by atoms with Gasteiger partial charge in [0.2, 0.25) is 11.9 Å². The summed E-state index contributed by atoms with van der Waals surface area (Å²) < 4.78 is 5.44. The van der Waals surface area contributed by atoms with Gasteiger partial charge in [0, 0.05) is 20.1 Å². The van der Waals surface area contributed by atoms with Crippen LogP contribution in [0.3, 0.4) is 0 Å². The van der Waals surface area contributed by atoms with Crippen LogP contribution in [0, 0.1) is 12.3 Å². The molecule has 1 fully saturated rings. The second kappa shape index (κ2) is 5.54. The van der Waals surface area contributed by atoms with Crippen LogP contribution >= 0.6 is 0 Å². The maximum atomic E-state index is 5.44. The van der Waals surface area contributed by atoms with Crippen LogP contribution < -0.4 is 15.0 Å². The van der Waals surface area contributed by atoms with Crippen LogP contribution in [0.4, 0.5) is 11.9 Å². The van der Waals surface area contributed by atoms with Crippen molar-refractivity contribution in [3.63, 3.8) is 0 Å². The lowest BCUT2D eigenvalue weighted by Crippen LogP contribution is -2.22. The average Bonchev–Trinajstić information content (AvgIpc) is 2.92. The van der Waals surface area contributed by atoms with E-state index in [0.29, 0.717) is 11.9 Å². The number of hydrogen-bond acceptors (Lipinski definition) is 6. The molecule has 1 unspecified atom stereocenters. The van der Waals surface area contributed by atoms with E-state index in [4.69, 9.17) is 11.2 Å². The molecular weight excluding hydrogens is 230 g/mol. The van der Waals surface area contributed by atoms with Gasteiger partial charge in [-0.25, -0.2) is 0 Å². The molecule has 1 aliphatic heterocycles. The van der Waals surface area contributed by atoms with E-state index in [2.05, 4.69) is 31.1 Å². The second-order valence-corrected chi connectivity index (χ2v) is 4.11. The molecule has 0 radical (unpaired) electrons. The number of nitrogens with zero attached hydrogens (tertiary/aromatic N) is 4. The molecule has 1 aliphatic rings. The van der Waals surface area contributed by atoms with Crippen LogP contribution in [-0.2, 0) is 0 Å². The van der Waals surface area contributed by atoms with Gasteiger partial charge in [-0.15, -0.1) is 6.42 Å². The predicted molar refractivity (Wildman–Crippen MR) is 69.7 cm³/mol. The number of nitrogens with one attached hydrogen (secondary N) is 1. The van der Waals surface area contributed by atoms with Crippen molar-refractivity contribution < 1.29 is 4.74 Å². The van der Waals surface area contributed by atoms with Gasteiger partial charge in [0.25, 0.3) is 0 Å². The number of ether oxygens (including phenoxy) is 1. The summed E-state index contributed by atoms with van der Waals surface area (Å²) in [7, 11) is 1.76. The fraction of sp³-hybridized carbons (Fsp3) is 0.583. The van der Waals surface area contributed by atoms with E-state index in [-0.39, 0.29) is 12.1 Å². The Morgan fingerprint density at radius 2 is 2.06 bits per heavy atom. The Bertz CT molecular complexity index is 450. The zero-order valence-electron chi connectivity index (χ0n) is 10.7. The highest BCUT2D eigenvalue weighted by atomic mass is 16.5. The summed E-state index contributed by atoms with van der Waals surface area (Å²) >= 11 is 0. The molecule has 96 valence electrons. The highest BCUT2D eigenvalue weighted by Crippen LogP contribution is 2.19. The number of hydrogen-bond donors (Lipinski definition) is 1. The Hall–Kier alpha value is -2.03. The molecular formula is C12H17N5O. The van der Waals surface area contributed by atoms with Crippen molar-refractivity contribution in [3.8, 4) is 18.4 Å². The minimum absolute atomic E-state index is 0.265. The summed E-state index contributed by atoms with van der Waals surface area (Å²) in [6.07, 6.45) is 7.25. The molecule has 1 atom stereocenters. The van der Waals surface area contributed by atoms with Gasteiger partial charge in [-0.3, -0.25) is 0 Å². The first-order valence-corrected chi connectivity index (χ1v) is 6.04. The zero-order chi connectivity index (χ0) is 13.0. The topological polar surface area (TPSA) is 63.2 Å². The van der Waals surface area contributed by atoms with Gasteiger partial charge in [0.1, 0.15) is 0 Å². The molecule has 0 bridgehead atoms. The molecule has 1 aromatic heterocycles. The lowest BCUT2D eigenvalue weighted by molar-refractivity contribution is 0.256. The van der Waals surface area contributed by atoms with Crippen molar-refractivity contribution in [1.29, 1.82) is 0 Å². The largest absolute Gasteiger partial charge is 0.447 e. The molecule has 18 heavy (non-hydrogen) atoms. The van der Waals surface area contributed by atoms with E-state index in [1.54, 1.807) is 14.0 Å². The van der Waals surface area contributed by atoms with Gasteiger partial charge in [-0.05, 0) is 19.8 Å². The van der Waals surface area contributed by atoms with Crippen LogP contribution in [0.2, 0.25) is 0 Å². The molecule has 2 rings (SSSR count). The Morgan fingerprint density at radius 3 is 2.67 bits per heavy atom. The maximum Gasteiger partial charge on any atom is 0.324 e. The summed E-state index contributed by atoms with van der Waals surface area (Å²) in [5.41, 5.74) is 0. The fourth-order valence-electron chi connectivity index (χ4n) is 1.76. The molecule has 1 saturated heterocycles. The van der Waals surface area contributed by atoms with Gasteiger partial charge in [0.15, 0.2) is 6.10 Å². The SMILES string of the molecule is C#CC(C)Oc1nc(NC)nc(N2CCCC2)n1. The highest BCUT2D eigenvalue weighted by Gasteiger charge is 2.18. The van der Waals surface area contributed by atoms with Crippen molar-refractivity contribution in [2.24, 2.45) is 0 Å². The lowest BCUT2D eigenvalue weighted by Gasteiger charge is -2.16. The van der Waals surface area contributed by atoms with Crippen molar-refractivity contribution in [1.82, 2.24) is 15.0 Å². The first kappa shape index (κ1) is 12.4. The van der Waals surface area contributed by atoms with E-state index < -0.39 is 0 Å². The Kier molecular flexibility index (Phi) is 3.82. The molecule has 6 nitrogen and oxygen atoms in total. The normalized spacial score (nSPS) is 16.2. The molecule has 1 aromatic rings. The van der Waals surface area contributed by atoms with Crippen molar-refractivity contribution >= 4 is 11.9 Å². The average molecular weight is 247 g/mol. The second-order valence-electron chi connectivity index (χ2n) is 4.11. The van der Waals surface area contributed by atoms with Crippen LogP contribution in [-0.4, -0.2) is 41.2 Å². The van der Waals surface area contributed by atoms with Crippen molar-refractivity contribution in [2.45, 2.75) is 25.9 Å². The molecule has 0 saturated carbocycles. The fourth-order valence-corrected chi connectivity index (χ4v) is 1.76. The van der Waals surface area contributed by atoms with E-state index in [1.807, 2.05) is 0 Å². The molecule has 0 aromatic carbocycles. The third-order valence-electron chi connectivity index (χ3n) is 2.73. The number of rotatable bonds is 4. The minimum atomic E-state index is -0.358. The van der Waals surface area contributed by atoms with Gasteiger partial charge in [0.05, 0.1) is 0 Å². The lowest BCUT2D eigenvalue weighted by atomic mass is 10.4. The first-order chi connectivity index (χ1) is 8.72. The number of terminal acetylenes is 1. The van der Waals surface area contributed by atoms with Crippen LogP contribution in [0.5, 0.6) is 6.01 Å². The monoisotopic (exact) mass is 247 g/mol. The predicted octanol–water partition coefficient (Wildman–Crippen LogP) is 0.914. The van der Waals surface area contributed by atoms with Crippen molar-refractivity contribution in [2.75, 3.05) is 30.4 Å². The molecule has 0 aliphatic carbocycles. The van der Waals surface area contributed by atoms with Gasteiger partial charge in [-0.2, -0.15) is 15.0 Å². The Labute approximate surface area is 107 Å². The summed E-state index contributed by atoms with van der Waals surface area (Å²) in [5, 5.41) is 2.90. The Balaban J connectivity index is 2.24. The minimum Gasteiger partial charge on any atom is -0.447 e. The first-order valence-electron chi connectivity index (χ1n) is 6.04. The molecule has 0 amide bonds. The summed E-state index contributed by atoms with van der Waals surface area (Å²) in [6, 6.07) is 0.265. The molecule has 2 heterocycles. The van der Waals surface area contributed by atoms with Crippen molar-refractivity contribution in [3.05, 3.63) is 0 Å². The van der Waals surface area contributed by atoms with Crippen LogP contribution in [0.1, 0.15) is 19.8 Å². The van der Waals surface area contributed by atoms with Gasteiger partial charge >= 0.3 is 6.01 Å². The molecule has 0 spiro atoms. The van der Waals surface area contributed by atoms with Gasteiger partial charge < -0.3 is 15.0 Å². The quantitative estimate of drug-likeness (QED) is 0.798. The summed E-state index contributed by atoms with van der Waals surface area (Å²) in [6.45, 7) is 3.72. The van der Waals surface area contributed by atoms with E-state index in [1.165, 1.54) is 0 Å². The maximum absolute atomic E-state index is 5.44.